The van der Waals surface area contributed by atoms with E-state index in [1.165, 1.54) is 24.5 Å². The van der Waals surface area contributed by atoms with Gasteiger partial charge in [0, 0.05) is 16.0 Å². The second kappa shape index (κ2) is 7.49. The number of carbonyl (C=O) groups is 1. The molecule has 142 valence electrons. The van der Waals surface area contributed by atoms with E-state index in [4.69, 9.17) is 21.1 Å². The molecule has 0 saturated carbocycles. The first-order valence-corrected chi connectivity index (χ1v) is 9.49. The molecule has 0 radical (unpaired) electrons. The minimum absolute atomic E-state index is 0.190. The fraction of sp³-hybridized carbons (Fsp3) is 0.105. The number of carbonyl (C=O) groups excluding carboxylic acids is 1. The van der Waals surface area contributed by atoms with Crippen molar-refractivity contribution in [3.63, 3.8) is 0 Å². The van der Waals surface area contributed by atoms with Gasteiger partial charge in [0.2, 0.25) is 4.96 Å². The molecule has 0 aliphatic heterocycles. The summed E-state index contributed by atoms with van der Waals surface area (Å²) >= 11 is 7.42. The molecule has 0 aliphatic rings. The Kier molecular flexibility index (Phi) is 4.89. The topological polar surface area (TPSA) is 77.8 Å². The lowest BCUT2D eigenvalue weighted by molar-refractivity contribution is 0.102. The number of rotatable bonds is 5. The van der Waals surface area contributed by atoms with Gasteiger partial charge < -0.3 is 9.47 Å². The van der Waals surface area contributed by atoms with Crippen LogP contribution in [0.4, 0.5) is 5.95 Å². The molecule has 0 atom stereocenters. The van der Waals surface area contributed by atoms with Crippen LogP contribution in [0.15, 0.2) is 47.8 Å². The minimum atomic E-state index is -0.406. The maximum atomic E-state index is 12.6. The fourth-order valence-electron chi connectivity index (χ4n) is 2.80. The third-order valence-electron chi connectivity index (χ3n) is 4.10. The van der Waals surface area contributed by atoms with Crippen LogP contribution in [0.1, 0.15) is 10.4 Å². The number of halogens is 1. The Hall–Kier alpha value is -3.10. The number of para-hydroxylation sites is 1. The third kappa shape index (κ3) is 3.28. The van der Waals surface area contributed by atoms with Crippen LogP contribution < -0.4 is 14.8 Å². The summed E-state index contributed by atoms with van der Waals surface area (Å²) in [6.45, 7) is 0. The maximum Gasteiger partial charge on any atom is 0.261 e. The molecule has 0 unspecified atom stereocenters. The van der Waals surface area contributed by atoms with Crippen LogP contribution in [0.5, 0.6) is 11.5 Å². The molecule has 0 spiro atoms. The van der Waals surface area contributed by atoms with Crippen LogP contribution in [-0.4, -0.2) is 34.7 Å². The first-order valence-electron chi connectivity index (χ1n) is 8.23. The minimum Gasteiger partial charge on any atom is -0.496 e. The highest BCUT2D eigenvalue weighted by molar-refractivity contribution is 7.15. The average Bonchev–Trinajstić information content (AvgIpc) is 3.28. The molecule has 0 saturated heterocycles. The zero-order valence-electron chi connectivity index (χ0n) is 15.0. The van der Waals surface area contributed by atoms with Gasteiger partial charge in [-0.25, -0.2) is 4.52 Å². The van der Waals surface area contributed by atoms with E-state index in [1.807, 2.05) is 29.6 Å². The number of hydrogen-bond acceptors (Lipinski definition) is 6. The Bertz CT molecular complexity index is 1170. The highest BCUT2D eigenvalue weighted by atomic mass is 35.5. The van der Waals surface area contributed by atoms with Crippen LogP contribution in [0, 0.1) is 0 Å². The van der Waals surface area contributed by atoms with Crippen LogP contribution in [0.2, 0.25) is 5.02 Å². The van der Waals surface area contributed by atoms with Crippen molar-refractivity contribution in [3.05, 3.63) is 58.4 Å². The monoisotopic (exact) mass is 414 g/mol. The summed E-state index contributed by atoms with van der Waals surface area (Å²) in [7, 11) is 3.11. The maximum absolute atomic E-state index is 12.6. The van der Waals surface area contributed by atoms with Gasteiger partial charge in [0.1, 0.15) is 11.5 Å². The van der Waals surface area contributed by atoms with E-state index in [0.29, 0.717) is 21.3 Å². The second-order valence-corrected chi connectivity index (χ2v) is 7.02. The van der Waals surface area contributed by atoms with E-state index in [0.717, 1.165) is 17.0 Å². The number of hydrogen-bond donors (Lipinski definition) is 1. The molecule has 0 aliphatic carbocycles. The normalized spacial score (nSPS) is 10.8. The smallest absolute Gasteiger partial charge is 0.261 e. The molecular formula is C19H15ClN4O3S. The lowest BCUT2D eigenvalue weighted by Gasteiger charge is -2.08. The Morgan fingerprint density at radius 1 is 1.14 bits per heavy atom. The predicted molar refractivity (Wildman–Crippen MR) is 109 cm³/mol. The van der Waals surface area contributed by atoms with Gasteiger partial charge in [-0.15, -0.1) is 16.4 Å². The number of anilines is 1. The van der Waals surface area contributed by atoms with Crippen molar-refractivity contribution in [2.75, 3.05) is 19.5 Å². The summed E-state index contributed by atoms with van der Waals surface area (Å²) in [6, 6.07) is 12.5. The molecule has 0 fully saturated rings. The number of thiazole rings is 1. The van der Waals surface area contributed by atoms with Gasteiger partial charge in [0.05, 0.1) is 25.5 Å². The molecule has 4 aromatic rings. The van der Waals surface area contributed by atoms with Crippen LogP contribution >= 0.6 is 22.9 Å². The van der Waals surface area contributed by atoms with Crippen LogP contribution in [0.25, 0.3) is 16.2 Å². The average molecular weight is 415 g/mol. The van der Waals surface area contributed by atoms with Gasteiger partial charge in [-0.2, -0.15) is 4.98 Å². The number of amides is 1. The Morgan fingerprint density at radius 3 is 2.71 bits per heavy atom. The van der Waals surface area contributed by atoms with Crippen molar-refractivity contribution < 1.29 is 14.3 Å². The standard InChI is InChI=1S/C19H15ClN4O3S/c1-26-15-6-4-3-5-12(15)14-10-28-19-22-18(23-24(14)19)21-17(25)13-9-11(20)7-8-16(13)27-2/h3-10H,1-2H3,(H,21,23,25). The van der Waals surface area contributed by atoms with E-state index < -0.39 is 5.91 Å². The number of nitrogens with one attached hydrogen (secondary N) is 1. The molecular weight excluding hydrogens is 400 g/mol. The quantitative estimate of drug-likeness (QED) is 0.524. The third-order valence-corrected chi connectivity index (χ3v) is 5.15. The van der Waals surface area contributed by atoms with Gasteiger partial charge in [0.15, 0.2) is 0 Å². The van der Waals surface area contributed by atoms with Crippen LogP contribution in [-0.2, 0) is 0 Å². The largest absolute Gasteiger partial charge is 0.496 e. The summed E-state index contributed by atoms with van der Waals surface area (Å²) in [6.07, 6.45) is 0. The molecule has 9 heteroatoms. The Morgan fingerprint density at radius 2 is 1.93 bits per heavy atom. The van der Waals surface area contributed by atoms with Gasteiger partial charge in [-0.3, -0.25) is 10.1 Å². The van der Waals surface area contributed by atoms with Gasteiger partial charge >= 0.3 is 0 Å². The summed E-state index contributed by atoms with van der Waals surface area (Å²) < 4.78 is 12.3. The van der Waals surface area contributed by atoms with Crippen molar-refractivity contribution in [1.82, 2.24) is 14.6 Å². The molecule has 4 rings (SSSR count). The number of aromatic nitrogens is 3. The number of fused-ring (bicyclic) bond motifs is 1. The molecule has 2 aromatic carbocycles. The Labute approximate surface area is 169 Å². The van der Waals surface area contributed by atoms with Gasteiger partial charge in [-0.1, -0.05) is 23.7 Å². The summed E-state index contributed by atoms with van der Waals surface area (Å²) in [4.78, 5) is 17.7. The summed E-state index contributed by atoms with van der Waals surface area (Å²) in [5.41, 5.74) is 2.01. The van der Waals surface area contributed by atoms with Crippen molar-refractivity contribution in [3.8, 4) is 22.8 Å². The van der Waals surface area contributed by atoms with Crippen molar-refractivity contribution in [2.24, 2.45) is 0 Å². The highest BCUT2D eigenvalue weighted by Gasteiger charge is 2.18. The molecule has 2 heterocycles. The number of nitrogens with zero attached hydrogens (tertiary/aromatic N) is 3. The SMILES string of the molecule is COc1ccc(Cl)cc1C(=O)Nc1nc2scc(-c3ccccc3OC)n2n1. The van der Waals surface area contributed by atoms with Crippen LogP contribution in [0.3, 0.4) is 0 Å². The van der Waals surface area contributed by atoms with E-state index in [-0.39, 0.29) is 5.95 Å². The molecule has 1 N–H and O–H groups in total. The Balaban J connectivity index is 1.68. The molecule has 28 heavy (non-hydrogen) atoms. The van der Waals surface area contributed by atoms with Gasteiger partial charge in [0.25, 0.3) is 11.9 Å². The zero-order chi connectivity index (χ0) is 19.7. The molecule has 1 amide bonds. The number of methoxy groups -OCH3 is 2. The van der Waals surface area contributed by atoms with E-state index in [2.05, 4.69) is 15.4 Å². The number of ether oxygens (including phenoxy) is 2. The van der Waals surface area contributed by atoms with E-state index in [1.54, 1.807) is 23.8 Å². The summed E-state index contributed by atoms with van der Waals surface area (Å²) in [5, 5.41) is 9.50. The second-order valence-electron chi connectivity index (χ2n) is 5.75. The van der Waals surface area contributed by atoms with E-state index >= 15 is 0 Å². The van der Waals surface area contributed by atoms with Crippen molar-refractivity contribution in [2.45, 2.75) is 0 Å². The van der Waals surface area contributed by atoms with Crippen molar-refractivity contribution >= 4 is 39.8 Å². The van der Waals surface area contributed by atoms with Crippen molar-refractivity contribution in [1.29, 1.82) is 0 Å². The van der Waals surface area contributed by atoms with Gasteiger partial charge in [-0.05, 0) is 30.3 Å². The predicted octanol–water partition coefficient (Wildman–Crippen LogP) is 4.38. The molecule has 0 bridgehead atoms. The fourth-order valence-corrected chi connectivity index (χ4v) is 3.80. The first kappa shape index (κ1) is 18.3. The first-order chi connectivity index (χ1) is 13.6. The molecule has 2 aromatic heterocycles. The summed E-state index contributed by atoms with van der Waals surface area (Å²) in [5.74, 6) is 0.927. The lowest BCUT2D eigenvalue weighted by Crippen LogP contribution is -2.14. The highest BCUT2D eigenvalue weighted by Crippen LogP contribution is 2.32. The lowest BCUT2D eigenvalue weighted by atomic mass is 10.1. The molecule has 7 nitrogen and oxygen atoms in total. The zero-order valence-corrected chi connectivity index (χ0v) is 16.5. The number of benzene rings is 2. The van der Waals surface area contributed by atoms with E-state index in [9.17, 15) is 4.79 Å².